The number of carboxylic acids is 1. The van der Waals surface area contributed by atoms with Crippen molar-refractivity contribution in [1.82, 2.24) is 15.2 Å². The number of aromatic carboxylic acids is 1. The summed E-state index contributed by atoms with van der Waals surface area (Å²) in [6.07, 6.45) is 4.81. The fourth-order valence-electron chi connectivity index (χ4n) is 3.72. The molecule has 3 rings (SSSR count). The van der Waals surface area contributed by atoms with Crippen molar-refractivity contribution in [3.8, 4) is 6.07 Å². The second-order valence-corrected chi connectivity index (χ2v) is 7.48. The number of nitrogens with one attached hydrogen (secondary N) is 1. The average Bonchev–Trinajstić information content (AvgIpc) is 3.16. The Morgan fingerprint density at radius 1 is 1.41 bits per heavy atom. The molecular formula is C19H25N5O3. The molecule has 2 saturated heterocycles. The molecule has 1 unspecified atom stereocenters. The largest absolute Gasteiger partial charge is 0.478 e. The zero-order chi connectivity index (χ0) is 19.4. The summed E-state index contributed by atoms with van der Waals surface area (Å²) in [5.41, 5.74) is 0.0630. The highest BCUT2D eigenvalue weighted by molar-refractivity contribution is 5.88. The molecule has 2 fully saturated rings. The summed E-state index contributed by atoms with van der Waals surface area (Å²) < 4.78 is 0. The number of carbonyl (C=O) groups excluding carboxylic acids is 1. The monoisotopic (exact) mass is 371 g/mol. The molecule has 8 heteroatoms. The lowest BCUT2D eigenvalue weighted by Gasteiger charge is -2.40. The van der Waals surface area contributed by atoms with Gasteiger partial charge >= 0.3 is 5.97 Å². The molecule has 1 amide bonds. The van der Waals surface area contributed by atoms with Crippen molar-refractivity contribution in [2.24, 2.45) is 0 Å². The summed E-state index contributed by atoms with van der Waals surface area (Å²) in [5, 5.41) is 21.6. The van der Waals surface area contributed by atoms with Crippen LogP contribution < -0.4 is 10.2 Å². The van der Waals surface area contributed by atoms with E-state index in [0.717, 1.165) is 38.8 Å². The van der Waals surface area contributed by atoms with Crippen LogP contribution >= 0.6 is 0 Å². The van der Waals surface area contributed by atoms with Gasteiger partial charge in [0, 0.05) is 31.4 Å². The topological polar surface area (TPSA) is 110 Å². The van der Waals surface area contributed by atoms with Gasteiger partial charge in [-0.1, -0.05) is 0 Å². The maximum absolute atomic E-state index is 12.4. The third kappa shape index (κ3) is 4.37. The molecule has 0 bridgehead atoms. The number of aromatic nitrogens is 1. The first kappa shape index (κ1) is 19.1. The number of nitriles is 1. The van der Waals surface area contributed by atoms with Crippen LogP contribution in [0.1, 0.15) is 43.0 Å². The van der Waals surface area contributed by atoms with Crippen LogP contribution in [0.5, 0.6) is 0 Å². The highest BCUT2D eigenvalue weighted by Crippen LogP contribution is 2.25. The minimum absolute atomic E-state index is 0.0152. The van der Waals surface area contributed by atoms with Gasteiger partial charge in [-0.2, -0.15) is 5.26 Å². The first-order valence-electron chi connectivity index (χ1n) is 9.30. The molecule has 3 heterocycles. The first-order chi connectivity index (χ1) is 12.9. The van der Waals surface area contributed by atoms with E-state index in [4.69, 9.17) is 10.4 Å². The number of hydrogen-bond acceptors (Lipinski definition) is 6. The van der Waals surface area contributed by atoms with Crippen LogP contribution in [0.3, 0.4) is 0 Å². The number of carbonyl (C=O) groups is 2. The van der Waals surface area contributed by atoms with Crippen LogP contribution in [0.25, 0.3) is 0 Å². The van der Waals surface area contributed by atoms with Gasteiger partial charge in [0.15, 0.2) is 0 Å². The van der Waals surface area contributed by atoms with Gasteiger partial charge in [0.2, 0.25) is 5.91 Å². The molecule has 0 radical (unpaired) electrons. The van der Waals surface area contributed by atoms with E-state index in [1.54, 1.807) is 11.0 Å². The van der Waals surface area contributed by atoms with E-state index in [2.05, 4.69) is 28.2 Å². The Hall–Kier alpha value is -2.66. The van der Waals surface area contributed by atoms with Crippen LogP contribution in [-0.2, 0) is 4.79 Å². The number of likely N-dealkylation sites (tertiary alicyclic amines) is 1. The van der Waals surface area contributed by atoms with Gasteiger partial charge in [0.1, 0.15) is 11.9 Å². The summed E-state index contributed by atoms with van der Waals surface area (Å²) >= 11 is 0. The molecule has 144 valence electrons. The number of piperidine rings is 1. The number of carboxylic acid groups (broad SMARTS) is 1. The van der Waals surface area contributed by atoms with Gasteiger partial charge in [-0.3, -0.25) is 4.79 Å². The summed E-state index contributed by atoms with van der Waals surface area (Å²) in [6, 6.07) is 4.99. The van der Waals surface area contributed by atoms with Crippen LogP contribution in [-0.4, -0.2) is 64.6 Å². The number of hydrogen-bond donors (Lipinski definition) is 2. The van der Waals surface area contributed by atoms with Crippen molar-refractivity contribution in [3.05, 3.63) is 23.9 Å². The Bertz CT molecular complexity index is 752. The average molecular weight is 371 g/mol. The second-order valence-electron chi connectivity index (χ2n) is 7.48. The molecule has 27 heavy (non-hydrogen) atoms. The van der Waals surface area contributed by atoms with E-state index in [-0.39, 0.29) is 29.6 Å². The molecule has 0 spiro atoms. The lowest BCUT2D eigenvalue weighted by atomic mass is 9.89. The molecule has 2 aliphatic heterocycles. The fourth-order valence-corrected chi connectivity index (χ4v) is 3.72. The van der Waals surface area contributed by atoms with Crippen LogP contribution in [0.2, 0.25) is 0 Å². The molecule has 0 saturated carbocycles. The predicted octanol–water partition coefficient (Wildman–Crippen LogP) is 1.24. The summed E-state index contributed by atoms with van der Waals surface area (Å²) in [7, 11) is 0. The van der Waals surface area contributed by atoms with Crippen molar-refractivity contribution in [1.29, 1.82) is 5.26 Å². The summed E-state index contributed by atoms with van der Waals surface area (Å²) in [4.78, 5) is 31.6. The Morgan fingerprint density at radius 2 is 2.15 bits per heavy atom. The number of pyridine rings is 1. The Morgan fingerprint density at radius 3 is 2.81 bits per heavy atom. The van der Waals surface area contributed by atoms with E-state index in [1.165, 1.54) is 12.3 Å². The van der Waals surface area contributed by atoms with E-state index in [9.17, 15) is 9.59 Å². The van der Waals surface area contributed by atoms with Crippen molar-refractivity contribution < 1.29 is 14.7 Å². The highest BCUT2D eigenvalue weighted by atomic mass is 16.4. The Balaban J connectivity index is 1.53. The molecule has 8 nitrogen and oxygen atoms in total. The molecule has 2 N–H and O–H groups in total. The maximum atomic E-state index is 12.4. The first-order valence-corrected chi connectivity index (χ1v) is 9.30. The third-order valence-electron chi connectivity index (χ3n) is 5.57. The van der Waals surface area contributed by atoms with Gasteiger partial charge in [-0.25, -0.2) is 9.78 Å². The molecule has 0 aromatic carbocycles. The van der Waals surface area contributed by atoms with E-state index in [1.807, 2.05) is 0 Å². The minimum Gasteiger partial charge on any atom is -0.478 e. The summed E-state index contributed by atoms with van der Waals surface area (Å²) in [5.74, 6) is -0.307. The van der Waals surface area contributed by atoms with E-state index < -0.39 is 5.97 Å². The van der Waals surface area contributed by atoms with Crippen LogP contribution in [0.15, 0.2) is 18.3 Å². The third-order valence-corrected chi connectivity index (χ3v) is 5.57. The van der Waals surface area contributed by atoms with Crippen molar-refractivity contribution >= 4 is 17.7 Å². The zero-order valence-corrected chi connectivity index (χ0v) is 15.5. The standard InChI is InChI=1S/C19H25N5O3/c1-19(22-13-17(25)24-8-2-3-15(24)12-20)5-9-23(10-6-19)16-11-14(18(26)27)4-7-21-16/h4,7,11,15,22H,2-3,5-6,8-10,13H2,1H3,(H,26,27). The van der Waals surface area contributed by atoms with Gasteiger partial charge in [-0.15, -0.1) is 0 Å². The maximum Gasteiger partial charge on any atom is 0.335 e. The predicted molar refractivity (Wildman–Crippen MR) is 99.4 cm³/mol. The summed E-state index contributed by atoms with van der Waals surface area (Å²) in [6.45, 7) is 4.47. The number of amides is 1. The Labute approximate surface area is 158 Å². The van der Waals surface area contributed by atoms with E-state index in [0.29, 0.717) is 12.4 Å². The quantitative estimate of drug-likeness (QED) is 0.801. The van der Waals surface area contributed by atoms with Gasteiger partial charge < -0.3 is 20.2 Å². The molecule has 0 aliphatic carbocycles. The highest BCUT2D eigenvalue weighted by Gasteiger charge is 2.33. The number of anilines is 1. The number of nitrogens with zero attached hydrogens (tertiary/aromatic N) is 4. The minimum atomic E-state index is -0.960. The van der Waals surface area contributed by atoms with Gasteiger partial charge in [-0.05, 0) is 44.7 Å². The normalized spacial score (nSPS) is 21.7. The second kappa shape index (κ2) is 7.92. The fraction of sp³-hybridized carbons (Fsp3) is 0.579. The molecular weight excluding hydrogens is 346 g/mol. The SMILES string of the molecule is CC1(NCC(=O)N2CCCC2C#N)CCN(c2cc(C(=O)O)ccn2)CC1. The Kier molecular flexibility index (Phi) is 5.61. The van der Waals surface area contributed by atoms with Crippen LogP contribution in [0.4, 0.5) is 5.82 Å². The molecule has 1 atom stereocenters. The van der Waals surface area contributed by atoms with Crippen molar-refractivity contribution in [2.45, 2.75) is 44.2 Å². The van der Waals surface area contributed by atoms with Gasteiger partial charge in [0.05, 0.1) is 18.2 Å². The lowest BCUT2D eigenvalue weighted by Crippen LogP contribution is -2.54. The number of rotatable bonds is 5. The van der Waals surface area contributed by atoms with Crippen molar-refractivity contribution in [2.75, 3.05) is 31.1 Å². The van der Waals surface area contributed by atoms with Crippen LogP contribution in [0, 0.1) is 11.3 Å². The molecule has 2 aliphatic rings. The smallest absolute Gasteiger partial charge is 0.335 e. The van der Waals surface area contributed by atoms with Crippen molar-refractivity contribution in [3.63, 3.8) is 0 Å². The van der Waals surface area contributed by atoms with Gasteiger partial charge in [0.25, 0.3) is 0 Å². The zero-order valence-electron chi connectivity index (χ0n) is 15.5. The molecule has 1 aromatic rings. The lowest BCUT2D eigenvalue weighted by molar-refractivity contribution is -0.130. The molecule has 1 aromatic heterocycles. The van der Waals surface area contributed by atoms with E-state index >= 15 is 0 Å².